The summed E-state index contributed by atoms with van der Waals surface area (Å²) < 4.78 is 0. The van der Waals surface area contributed by atoms with Gasteiger partial charge < -0.3 is 11.1 Å². The Hall–Kier alpha value is -0.590. The van der Waals surface area contributed by atoms with E-state index in [0.29, 0.717) is 5.92 Å². The molecule has 1 saturated heterocycles. The molecule has 2 aliphatic rings. The molecular formula is C14H25N3. The Morgan fingerprint density at radius 3 is 2.41 bits per heavy atom. The summed E-state index contributed by atoms with van der Waals surface area (Å²) in [4.78, 5) is 0. The number of nitrogens with one attached hydrogen (secondary N) is 1. The summed E-state index contributed by atoms with van der Waals surface area (Å²) >= 11 is 0. The van der Waals surface area contributed by atoms with Gasteiger partial charge in [0.25, 0.3) is 0 Å². The summed E-state index contributed by atoms with van der Waals surface area (Å²) in [5, 5.41) is 12.3. The predicted molar refractivity (Wildman–Crippen MR) is 69.4 cm³/mol. The maximum atomic E-state index is 8.99. The highest BCUT2D eigenvalue weighted by Crippen LogP contribution is 2.36. The standard InChI is InChI=1S/C14H25N3/c15-11-13-7-8-14(16,9-10-17-13)12-5-3-1-2-4-6-12/h12-13,17H,1-10,16H2. The molecule has 2 atom stereocenters. The van der Waals surface area contributed by atoms with Crippen molar-refractivity contribution in [3.05, 3.63) is 0 Å². The number of nitriles is 1. The van der Waals surface area contributed by atoms with Gasteiger partial charge >= 0.3 is 0 Å². The maximum absolute atomic E-state index is 8.99. The third-order valence-electron chi connectivity index (χ3n) is 4.70. The molecule has 3 N–H and O–H groups in total. The molecule has 0 aromatic rings. The van der Waals surface area contributed by atoms with Crippen LogP contribution in [-0.2, 0) is 0 Å². The monoisotopic (exact) mass is 235 g/mol. The van der Waals surface area contributed by atoms with Crippen molar-refractivity contribution in [2.75, 3.05) is 6.54 Å². The highest BCUT2D eigenvalue weighted by molar-refractivity contribution is 5.00. The van der Waals surface area contributed by atoms with Gasteiger partial charge in [-0.1, -0.05) is 25.7 Å². The number of nitrogens with zero attached hydrogens (tertiary/aromatic N) is 1. The van der Waals surface area contributed by atoms with Gasteiger partial charge in [-0.2, -0.15) is 5.26 Å². The summed E-state index contributed by atoms with van der Waals surface area (Å²) in [6, 6.07) is 2.35. The van der Waals surface area contributed by atoms with Crippen LogP contribution >= 0.6 is 0 Å². The second-order valence-electron chi connectivity index (χ2n) is 5.85. The Morgan fingerprint density at radius 2 is 1.76 bits per heavy atom. The molecule has 0 aromatic carbocycles. The lowest BCUT2D eigenvalue weighted by Gasteiger charge is -2.36. The predicted octanol–water partition coefficient (Wildman–Crippen LogP) is 2.32. The van der Waals surface area contributed by atoms with Crippen molar-refractivity contribution in [1.82, 2.24) is 5.32 Å². The van der Waals surface area contributed by atoms with Crippen molar-refractivity contribution >= 4 is 0 Å². The van der Waals surface area contributed by atoms with Crippen molar-refractivity contribution < 1.29 is 0 Å². The van der Waals surface area contributed by atoms with Crippen molar-refractivity contribution in [3.63, 3.8) is 0 Å². The quantitative estimate of drug-likeness (QED) is 0.686. The van der Waals surface area contributed by atoms with E-state index in [1.165, 1.54) is 38.5 Å². The lowest BCUT2D eigenvalue weighted by molar-refractivity contribution is 0.219. The molecule has 1 saturated carbocycles. The van der Waals surface area contributed by atoms with Gasteiger partial charge in [-0.3, -0.25) is 0 Å². The van der Waals surface area contributed by atoms with E-state index < -0.39 is 0 Å². The normalized spacial score (nSPS) is 36.8. The molecule has 0 spiro atoms. The summed E-state index contributed by atoms with van der Waals surface area (Å²) in [6.07, 6.45) is 11.0. The summed E-state index contributed by atoms with van der Waals surface area (Å²) in [5.74, 6) is 0.684. The van der Waals surface area contributed by atoms with Gasteiger partial charge in [0.2, 0.25) is 0 Å². The number of rotatable bonds is 1. The molecule has 1 heterocycles. The van der Waals surface area contributed by atoms with Gasteiger partial charge in [0, 0.05) is 5.54 Å². The Labute approximate surface area is 105 Å². The summed E-state index contributed by atoms with van der Waals surface area (Å²) in [5.41, 5.74) is 6.66. The van der Waals surface area contributed by atoms with Crippen LogP contribution in [0.1, 0.15) is 57.8 Å². The Kier molecular flexibility index (Phi) is 4.42. The average Bonchev–Trinajstić information content (AvgIpc) is 2.70. The Morgan fingerprint density at radius 1 is 1.06 bits per heavy atom. The lowest BCUT2D eigenvalue weighted by Crippen LogP contribution is -2.47. The van der Waals surface area contributed by atoms with Crippen LogP contribution in [0.5, 0.6) is 0 Å². The molecule has 17 heavy (non-hydrogen) atoms. The second kappa shape index (κ2) is 5.84. The van der Waals surface area contributed by atoms with Crippen molar-refractivity contribution in [2.24, 2.45) is 11.7 Å². The van der Waals surface area contributed by atoms with Gasteiger partial charge in [-0.15, -0.1) is 0 Å². The Balaban J connectivity index is 1.99. The zero-order chi connectivity index (χ0) is 12.1. The van der Waals surface area contributed by atoms with Gasteiger partial charge in [-0.05, 0) is 44.6 Å². The number of hydrogen-bond donors (Lipinski definition) is 2. The molecule has 1 aliphatic carbocycles. The topological polar surface area (TPSA) is 61.8 Å². The molecule has 3 nitrogen and oxygen atoms in total. The van der Waals surface area contributed by atoms with Crippen LogP contribution in [0, 0.1) is 17.2 Å². The molecule has 0 amide bonds. The first kappa shape index (κ1) is 12.9. The minimum atomic E-state index is -0.0110. The fraction of sp³-hybridized carbons (Fsp3) is 0.929. The van der Waals surface area contributed by atoms with Crippen molar-refractivity contribution in [1.29, 1.82) is 5.26 Å². The first-order valence-corrected chi connectivity index (χ1v) is 7.16. The zero-order valence-corrected chi connectivity index (χ0v) is 10.8. The Bertz CT molecular complexity index is 276. The van der Waals surface area contributed by atoms with E-state index in [4.69, 9.17) is 11.0 Å². The van der Waals surface area contributed by atoms with Crippen LogP contribution in [0.4, 0.5) is 0 Å². The largest absolute Gasteiger partial charge is 0.325 e. The molecule has 0 radical (unpaired) electrons. The van der Waals surface area contributed by atoms with E-state index in [2.05, 4.69) is 11.4 Å². The van der Waals surface area contributed by atoms with E-state index in [1.54, 1.807) is 0 Å². The minimum absolute atomic E-state index is 0.0110. The van der Waals surface area contributed by atoms with Crippen LogP contribution < -0.4 is 11.1 Å². The molecule has 2 unspecified atom stereocenters. The summed E-state index contributed by atoms with van der Waals surface area (Å²) in [7, 11) is 0. The third-order valence-corrected chi connectivity index (χ3v) is 4.70. The van der Waals surface area contributed by atoms with E-state index in [1.807, 2.05) is 0 Å². The SMILES string of the molecule is N#CC1CCC(N)(C2CCCCCC2)CCN1. The maximum Gasteiger partial charge on any atom is 0.0953 e. The molecule has 2 fully saturated rings. The first-order valence-electron chi connectivity index (χ1n) is 7.16. The van der Waals surface area contributed by atoms with Crippen LogP contribution in [0.25, 0.3) is 0 Å². The van der Waals surface area contributed by atoms with Crippen LogP contribution in [-0.4, -0.2) is 18.1 Å². The van der Waals surface area contributed by atoms with Crippen molar-refractivity contribution in [2.45, 2.75) is 69.4 Å². The number of nitrogens with two attached hydrogens (primary N) is 1. The van der Waals surface area contributed by atoms with Gasteiger partial charge in [0.05, 0.1) is 12.1 Å². The smallest absolute Gasteiger partial charge is 0.0953 e. The van der Waals surface area contributed by atoms with E-state index in [0.717, 1.165) is 25.8 Å². The molecule has 0 aromatic heterocycles. The molecule has 3 heteroatoms. The lowest BCUT2D eigenvalue weighted by atomic mass is 9.75. The fourth-order valence-electron chi connectivity index (χ4n) is 3.49. The second-order valence-corrected chi connectivity index (χ2v) is 5.85. The molecule has 2 rings (SSSR count). The van der Waals surface area contributed by atoms with Crippen LogP contribution in [0.3, 0.4) is 0 Å². The third kappa shape index (κ3) is 3.20. The first-order chi connectivity index (χ1) is 8.24. The van der Waals surface area contributed by atoms with Gasteiger partial charge in [0.1, 0.15) is 0 Å². The van der Waals surface area contributed by atoms with Gasteiger partial charge in [-0.25, -0.2) is 0 Å². The van der Waals surface area contributed by atoms with Crippen molar-refractivity contribution in [3.8, 4) is 6.07 Å². The van der Waals surface area contributed by atoms with Gasteiger partial charge in [0.15, 0.2) is 0 Å². The highest BCUT2D eigenvalue weighted by Gasteiger charge is 2.36. The minimum Gasteiger partial charge on any atom is -0.325 e. The van der Waals surface area contributed by atoms with Crippen LogP contribution in [0.15, 0.2) is 0 Å². The number of hydrogen-bond acceptors (Lipinski definition) is 3. The zero-order valence-electron chi connectivity index (χ0n) is 10.8. The molecule has 1 aliphatic heterocycles. The highest BCUT2D eigenvalue weighted by atomic mass is 14.9. The average molecular weight is 235 g/mol. The fourth-order valence-corrected chi connectivity index (χ4v) is 3.49. The molecular weight excluding hydrogens is 210 g/mol. The molecule has 0 bridgehead atoms. The molecule has 96 valence electrons. The van der Waals surface area contributed by atoms with E-state index in [-0.39, 0.29) is 11.6 Å². The van der Waals surface area contributed by atoms with E-state index >= 15 is 0 Å². The van der Waals surface area contributed by atoms with E-state index in [9.17, 15) is 0 Å². The van der Waals surface area contributed by atoms with Crippen LogP contribution in [0.2, 0.25) is 0 Å². The summed E-state index contributed by atoms with van der Waals surface area (Å²) in [6.45, 7) is 0.908.